The van der Waals surface area contributed by atoms with E-state index in [1.165, 1.54) is 11.8 Å². The zero-order valence-corrected chi connectivity index (χ0v) is 12.8. The van der Waals surface area contributed by atoms with Gasteiger partial charge in [0.1, 0.15) is 16.7 Å². The highest BCUT2D eigenvalue weighted by Gasteiger charge is 2.15. The Morgan fingerprint density at radius 1 is 1.32 bits per heavy atom. The summed E-state index contributed by atoms with van der Waals surface area (Å²) >= 11 is 1.46. The van der Waals surface area contributed by atoms with Gasteiger partial charge < -0.3 is 5.32 Å². The van der Waals surface area contributed by atoms with Crippen molar-refractivity contribution in [2.75, 3.05) is 18.1 Å². The SMILES string of the molecule is CSc1nc2ccnn2c(NCCc2ccccn2)c1C#N. The van der Waals surface area contributed by atoms with Gasteiger partial charge in [0.2, 0.25) is 0 Å². The van der Waals surface area contributed by atoms with Crippen LogP contribution in [0.3, 0.4) is 0 Å². The summed E-state index contributed by atoms with van der Waals surface area (Å²) in [7, 11) is 0. The molecule has 0 unspecified atom stereocenters. The van der Waals surface area contributed by atoms with Crippen LogP contribution in [-0.2, 0) is 6.42 Å². The van der Waals surface area contributed by atoms with Crippen molar-refractivity contribution in [2.45, 2.75) is 11.4 Å². The fraction of sp³-hybridized carbons (Fsp3) is 0.200. The normalized spacial score (nSPS) is 10.5. The van der Waals surface area contributed by atoms with Crippen molar-refractivity contribution in [3.8, 4) is 6.07 Å². The zero-order valence-electron chi connectivity index (χ0n) is 12.0. The number of pyridine rings is 1. The van der Waals surface area contributed by atoms with E-state index in [1.807, 2.05) is 30.5 Å². The van der Waals surface area contributed by atoms with Crippen LogP contribution in [0.1, 0.15) is 11.3 Å². The van der Waals surface area contributed by atoms with Gasteiger partial charge in [-0.2, -0.15) is 14.9 Å². The molecule has 110 valence electrons. The first-order valence-electron chi connectivity index (χ1n) is 6.79. The molecule has 3 rings (SSSR count). The minimum atomic E-state index is 0.518. The van der Waals surface area contributed by atoms with E-state index in [0.717, 1.165) is 17.8 Å². The van der Waals surface area contributed by atoms with Crippen molar-refractivity contribution in [1.29, 1.82) is 5.26 Å². The van der Waals surface area contributed by atoms with Gasteiger partial charge in [-0.05, 0) is 18.4 Å². The molecule has 0 atom stereocenters. The Morgan fingerprint density at radius 2 is 2.23 bits per heavy atom. The van der Waals surface area contributed by atoms with Crippen LogP contribution >= 0.6 is 11.8 Å². The number of hydrogen-bond donors (Lipinski definition) is 1. The van der Waals surface area contributed by atoms with Crippen molar-refractivity contribution in [3.05, 3.63) is 47.9 Å². The Kier molecular flexibility index (Phi) is 4.21. The molecular formula is C15H14N6S. The van der Waals surface area contributed by atoms with Gasteiger partial charge in [0.05, 0.1) is 6.20 Å². The summed E-state index contributed by atoms with van der Waals surface area (Å²) in [6.07, 6.45) is 6.14. The van der Waals surface area contributed by atoms with Crippen LogP contribution in [0.15, 0.2) is 41.7 Å². The van der Waals surface area contributed by atoms with Crippen LogP contribution in [0.4, 0.5) is 5.82 Å². The molecule has 22 heavy (non-hydrogen) atoms. The summed E-state index contributed by atoms with van der Waals surface area (Å²) in [5.74, 6) is 0.679. The minimum absolute atomic E-state index is 0.518. The number of nitriles is 1. The maximum Gasteiger partial charge on any atom is 0.158 e. The maximum atomic E-state index is 9.45. The average molecular weight is 310 g/mol. The zero-order chi connectivity index (χ0) is 15.4. The van der Waals surface area contributed by atoms with Crippen LogP contribution in [-0.4, -0.2) is 32.4 Å². The quantitative estimate of drug-likeness (QED) is 0.576. The molecule has 0 fully saturated rings. The molecule has 0 spiro atoms. The molecule has 6 nitrogen and oxygen atoms in total. The second-order valence-electron chi connectivity index (χ2n) is 4.56. The van der Waals surface area contributed by atoms with Crippen molar-refractivity contribution >= 4 is 23.2 Å². The molecule has 3 aromatic rings. The fourth-order valence-electron chi connectivity index (χ4n) is 2.19. The topological polar surface area (TPSA) is 78.9 Å². The van der Waals surface area contributed by atoms with Crippen molar-refractivity contribution in [2.24, 2.45) is 0 Å². The number of rotatable bonds is 5. The van der Waals surface area contributed by atoms with E-state index in [1.54, 1.807) is 16.9 Å². The third-order valence-electron chi connectivity index (χ3n) is 3.21. The molecule has 0 saturated heterocycles. The standard InChI is InChI=1S/C15H14N6S/c1-22-15-12(10-16)14(21-13(20-15)6-9-19-21)18-8-5-11-4-2-3-7-17-11/h2-4,6-7,9,18H,5,8H2,1H3. The molecule has 0 radical (unpaired) electrons. The third-order valence-corrected chi connectivity index (χ3v) is 3.89. The Hall–Kier alpha value is -2.59. The van der Waals surface area contributed by atoms with E-state index >= 15 is 0 Å². The molecule has 0 aromatic carbocycles. The van der Waals surface area contributed by atoms with Gasteiger partial charge in [0.15, 0.2) is 11.5 Å². The Labute approximate surface area is 132 Å². The lowest BCUT2D eigenvalue weighted by Gasteiger charge is -2.12. The van der Waals surface area contributed by atoms with Crippen LogP contribution in [0.2, 0.25) is 0 Å². The molecule has 3 aromatic heterocycles. The number of hydrogen-bond acceptors (Lipinski definition) is 6. The van der Waals surface area contributed by atoms with E-state index in [0.29, 0.717) is 23.0 Å². The summed E-state index contributed by atoms with van der Waals surface area (Å²) in [5.41, 5.74) is 2.25. The van der Waals surface area contributed by atoms with Crippen LogP contribution < -0.4 is 5.32 Å². The monoisotopic (exact) mass is 310 g/mol. The first-order chi connectivity index (χ1) is 10.8. The lowest BCUT2D eigenvalue weighted by atomic mass is 10.2. The summed E-state index contributed by atoms with van der Waals surface area (Å²) in [6.45, 7) is 0.665. The van der Waals surface area contributed by atoms with Gasteiger partial charge in [0, 0.05) is 30.9 Å². The number of fused-ring (bicyclic) bond motifs is 1. The smallest absolute Gasteiger partial charge is 0.158 e. The van der Waals surface area contributed by atoms with E-state index in [9.17, 15) is 5.26 Å². The number of aromatic nitrogens is 4. The van der Waals surface area contributed by atoms with Crippen molar-refractivity contribution in [3.63, 3.8) is 0 Å². The molecular weight excluding hydrogens is 296 g/mol. The Morgan fingerprint density at radius 3 is 2.95 bits per heavy atom. The summed E-state index contributed by atoms with van der Waals surface area (Å²) in [6, 6.07) is 9.89. The third kappa shape index (κ3) is 2.73. The van der Waals surface area contributed by atoms with Crippen molar-refractivity contribution < 1.29 is 0 Å². The molecule has 0 aliphatic rings. The number of nitrogens with one attached hydrogen (secondary N) is 1. The van der Waals surface area contributed by atoms with Crippen LogP contribution in [0.25, 0.3) is 5.65 Å². The predicted molar refractivity (Wildman–Crippen MR) is 85.9 cm³/mol. The van der Waals surface area contributed by atoms with Crippen LogP contribution in [0.5, 0.6) is 0 Å². The van der Waals surface area contributed by atoms with E-state index < -0.39 is 0 Å². The molecule has 0 amide bonds. The minimum Gasteiger partial charge on any atom is -0.368 e. The van der Waals surface area contributed by atoms with E-state index in [2.05, 4.69) is 26.5 Å². The van der Waals surface area contributed by atoms with Gasteiger partial charge in [-0.25, -0.2) is 4.98 Å². The fourth-order valence-corrected chi connectivity index (χ4v) is 2.72. The molecule has 0 saturated carbocycles. The van der Waals surface area contributed by atoms with Gasteiger partial charge in [-0.15, -0.1) is 11.8 Å². The lowest BCUT2D eigenvalue weighted by molar-refractivity contribution is 0.881. The van der Waals surface area contributed by atoms with E-state index in [-0.39, 0.29) is 0 Å². The second-order valence-corrected chi connectivity index (χ2v) is 5.35. The highest BCUT2D eigenvalue weighted by molar-refractivity contribution is 7.98. The molecule has 0 bridgehead atoms. The average Bonchev–Trinajstić information content (AvgIpc) is 3.03. The largest absolute Gasteiger partial charge is 0.368 e. The first-order valence-corrected chi connectivity index (χ1v) is 8.01. The number of thioether (sulfide) groups is 1. The van der Waals surface area contributed by atoms with E-state index in [4.69, 9.17) is 0 Å². The maximum absolute atomic E-state index is 9.45. The predicted octanol–water partition coefficient (Wildman–Crippen LogP) is 2.37. The molecule has 3 heterocycles. The summed E-state index contributed by atoms with van der Waals surface area (Å²) in [4.78, 5) is 8.73. The molecule has 1 N–H and O–H groups in total. The number of anilines is 1. The second kappa shape index (κ2) is 6.45. The highest BCUT2D eigenvalue weighted by atomic mass is 32.2. The van der Waals surface area contributed by atoms with Gasteiger partial charge >= 0.3 is 0 Å². The van der Waals surface area contributed by atoms with Crippen LogP contribution in [0, 0.1) is 11.3 Å². The van der Waals surface area contributed by atoms with Gasteiger partial charge in [-0.3, -0.25) is 4.98 Å². The molecule has 0 aliphatic heterocycles. The molecule has 7 heteroatoms. The lowest BCUT2D eigenvalue weighted by Crippen LogP contribution is -2.12. The first kappa shape index (κ1) is 14.4. The number of nitrogens with zero attached hydrogens (tertiary/aromatic N) is 5. The van der Waals surface area contributed by atoms with Gasteiger partial charge in [-0.1, -0.05) is 6.07 Å². The highest BCUT2D eigenvalue weighted by Crippen LogP contribution is 2.25. The summed E-state index contributed by atoms with van der Waals surface area (Å²) in [5, 5.41) is 17.7. The molecule has 0 aliphatic carbocycles. The van der Waals surface area contributed by atoms with Gasteiger partial charge in [0.25, 0.3) is 0 Å². The summed E-state index contributed by atoms with van der Waals surface area (Å²) < 4.78 is 1.66. The van der Waals surface area contributed by atoms with Crippen molar-refractivity contribution in [1.82, 2.24) is 19.6 Å². The Balaban J connectivity index is 1.89. The Bertz CT molecular complexity index is 821.